The summed E-state index contributed by atoms with van der Waals surface area (Å²) < 4.78 is 16.4. The maximum absolute atomic E-state index is 11.7. The molecule has 0 bridgehead atoms. The van der Waals surface area contributed by atoms with Crippen molar-refractivity contribution >= 4 is 16.9 Å². The molecule has 0 saturated carbocycles. The average Bonchev–Trinajstić information content (AvgIpc) is 2.33. The fourth-order valence-electron chi connectivity index (χ4n) is 1.87. The zero-order valence-corrected chi connectivity index (χ0v) is 16.0. The molecule has 22 heavy (non-hydrogen) atoms. The summed E-state index contributed by atoms with van der Waals surface area (Å²) in [7, 11) is -0.742. The van der Waals surface area contributed by atoms with Crippen molar-refractivity contribution in [2.24, 2.45) is 11.8 Å². The minimum absolute atomic E-state index is 0.326. The van der Waals surface area contributed by atoms with Gasteiger partial charge in [0.2, 0.25) is 0 Å². The standard InChI is InChI=1S/C16H34N2O3S/c1-12(2)14(10-17-13(3)8-9-22(7)20)11-18-15(19)21-16(4,5)6/h12-14,17H,8-11H2,1-7H3,(H,18,19). The summed E-state index contributed by atoms with van der Waals surface area (Å²) in [6.45, 7) is 13.4. The molecule has 0 fully saturated rings. The largest absolute Gasteiger partial charge is 0.444 e. The van der Waals surface area contributed by atoms with Crippen molar-refractivity contribution in [1.29, 1.82) is 0 Å². The molecular formula is C16H34N2O3S. The van der Waals surface area contributed by atoms with E-state index in [2.05, 4.69) is 31.4 Å². The Bertz CT molecular complexity index is 354. The maximum Gasteiger partial charge on any atom is 0.407 e. The van der Waals surface area contributed by atoms with Gasteiger partial charge < -0.3 is 15.4 Å². The molecule has 0 rings (SSSR count). The molecule has 3 unspecified atom stereocenters. The van der Waals surface area contributed by atoms with Crippen LogP contribution in [0.4, 0.5) is 4.79 Å². The molecule has 5 nitrogen and oxygen atoms in total. The summed E-state index contributed by atoms with van der Waals surface area (Å²) in [4.78, 5) is 11.7. The highest BCUT2D eigenvalue weighted by Crippen LogP contribution is 2.11. The third kappa shape index (κ3) is 12.0. The van der Waals surface area contributed by atoms with Gasteiger partial charge in [-0.3, -0.25) is 4.21 Å². The Morgan fingerprint density at radius 1 is 1.18 bits per heavy atom. The molecule has 0 radical (unpaired) electrons. The average molecular weight is 335 g/mol. The Balaban J connectivity index is 4.16. The summed E-state index contributed by atoms with van der Waals surface area (Å²) >= 11 is 0. The summed E-state index contributed by atoms with van der Waals surface area (Å²) in [6, 6.07) is 0.326. The number of hydrogen-bond donors (Lipinski definition) is 2. The molecular weight excluding hydrogens is 300 g/mol. The normalized spacial score (nSPS) is 16.2. The van der Waals surface area contributed by atoms with Crippen LogP contribution in [0, 0.1) is 11.8 Å². The minimum Gasteiger partial charge on any atom is -0.444 e. The third-order valence-electron chi connectivity index (χ3n) is 3.42. The first kappa shape index (κ1) is 21.4. The molecule has 1 amide bonds. The summed E-state index contributed by atoms with van der Waals surface area (Å²) in [6.07, 6.45) is 2.26. The van der Waals surface area contributed by atoms with E-state index in [0.717, 1.165) is 18.7 Å². The van der Waals surface area contributed by atoms with Crippen molar-refractivity contribution in [1.82, 2.24) is 10.6 Å². The number of amides is 1. The number of hydrogen-bond acceptors (Lipinski definition) is 4. The van der Waals surface area contributed by atoms with Crippen molar-refractivity contribution in [3.63, 3.8) is 0 Å². The lowest BCUT2D eigenvalue weighted by atomic mass is 9.95. The molecule has 0 heterocycles. The zero-order chi connectivity index (χ0) is 17.3. The first-order chi connectivity index (χ1) is 10.0. The second-order valence-corrected chi connectivity index (χ2v) is 8.82. The third-order valence-corrected chi connectivity index (χ3v) is 4.23. The van der Waals surface area contributed by atoms with Crippen molar-refractivity contribution in [2.45, 2.75) is 59.6 Å². The van der Waals surface area contributed by atoms with E-state index in [-0.39, 0.29) is 6.09 Å². The van der Waals surface area contributed by atoms with Gasteiger partial charge in [-0.05, 0) is 46.0 Å². The summed E-state index contributed by atoms with van der Waals surface area (Å²) in [5, 5.41) is 6.31. The van der Waals surface area contributed by atoms with Crippen LogP contribution in [-0.4, -0.2) is 47.0 Å². The Kier molecular flexibility index (Phi) is 9.92. The molecule has 0 aliphatic carbocycles. The Hall–Kier alpha value is -0.620. The molecule has 3 atom stereocenters. The van der Waals surface area contributed by atoms with Gasteiger partial charge in [-0.1, -0.05) is 13.8 Å². The lowest BCUT2D eigenvalue weighted by molar-refractivity contribution is 0.0514. The predicted octanol–water partition coefficient (Wildman–Crippen LogP) is 2.53. The molecule has 0 aromatic heterocycles. The number of ether oxygens (including phenoxy) is 1. The number of nitrogens with one attached hydrogen (secondary N) is 2. The molecule has 0 aromatic carbocycles. The highest BCUT2D eigenvalue weighted by atomic mass is 32.2. The topological polar surface area (TPSA) is 67.4 Å². The van der Waals surface area contributed by atoms with Crippen LogP contribution in [0.5, 0.6) is 0 Å². The van der Waals surface area contributed by atoms with Crippen LogP contribution in [0.25, 0.3) is 0 Å². The first-order valence-corrected chi connectivity index (χ1v) is 9.74. The number of carbonyl (C=O) groups is 1. The summed E-state index contributed by atoms with van der Waals surface area (Å²) in [5.41, 5.74) is -0.472. The van der Waals surface area contributed by atoms with Crippen LogP contribution in [-0.2, 0) is 15.5 Å². The Morgan fingerprint density at radius 3 is 2.23 bits per heavy atom. The SMILES string of the molecule is CC(CCS(C)=O)NCC(CNC(=O)OC(C)(C)C)C(C)C. The fraction of sp³-hybridized carbons (Fsp3) is 0.938. The van der Waals surface area contributed by atoms with Gasteiger partial charge in [0.25, 0.3) is 0 Å². The number of alkyl carbamates (subject to hydrolysis) is 1. The van der Waals surface area contributed by atoms with E-state index in [0.29, 0.717) is 24.4 Å². The highest BCUT2D eigenvalue weighted by molar-refractivity contribution is 7.84. The number of carbonyl (C=O) groups excluding carboxylic acids is 1. The number of rotatable bonds is 9. The smallest absolute Gasteiger partial charge is 0.407 e. The van der Waals surface area contributed by atoms with E-state index in [4.69, 9.17) is 4.74 Å². The molecule has 0 aromatic rings. The van der Waals surface area contributed by atoms with Gasteiger partial charge in [0.05, 0.1) is 0 Å². The van der Waals surface area contributed by atoms with Crippen LogP contribution in [0.15, 0.2) is 0 Å². The maximum atomic E-state index is 11.7. The van der Waals surface area contributed by atoms with Gasteiger partial charge >= 0.3 is 6.09 Å². The van der Waals surface area contributed by atoms with E-state index >= 15 is 0 Å². The highest BCUT2D eigenvalue weighted by Gasteiger charge is 2.19. The van der Waals surface area contributed by atoms with Crippen LogP contribution in [0.3, 0.4) is 0 Å². The van der Waals surface area contributed by atoms with Crippen molar-refractivity contribution in [2.75, 3.05) is 25.1 Å². The van der Waals surface area contributed by atoms with Crippen LogP contribution >= 0.6 is 0 Å². The first-order valence-electron chi connectivity index (χ1n) is 8.01. The lowest BCUT2D eigenvalue weighted by Crippen LogP contribution is -2.41. The fourth-order valence-corrected chi connectivity index (χ4v) is 2.56. The quantitative estimate of drug-likeness (QED) is 0.680. The predicted molar refractivity (Wildman–Crippen MR) is 93.6 cm³/mol. The van der Waals surface area contributed by atoms with E-state index in [1.165, 1.54) is 0 Å². The van der Waals surface area contributed by atoms with Crippen LogP contribution in [0.2, 0.25) is 0 Å². The molecule has 0 aliphatic heterocycles. The van der Waals surface area contributed by atoms with Crippen molar-refractivity contribution in [3.8, 4) is 0 Å². The minimum atomic E-state index is -0.742. The van der Waals surface area contributed by atoms with E-state index in [9.17, 15) is 9.00 Å². The second-order valence-electron chi connectivity index (χ2n) is 7.26. The van der Waals surface area contributed by atoms with Crippen molar-refractivity contribution in [3.05, 3.63) is 0 Å². The molecule has 0 spiro atoms. The zero-order valence-electron chi connectivity index (χ0n) is 15.2. The molecule has 0 saturated heterocycles. The summed E-state index contributed by atoms with van der Waals surface area (Å²) in [5.74, 6) is 1.51. The molecule has 132 valence electrons. The lowest BCUT2D eigenvalue weighted by Gasteiger charge is -2.25. The van der Waals surface area contributed by atoms with E-state index in [1.54, 1.807) is 6.26 Å². The van der Waals surface area contributed by atoms with Gasteiger partial charge in [0, 0.05) is 41.9 Å². The van der Waals surface area contributed by atoms with Gasteiger partial charge in [-0.2, -0.15) is 0 Å². The van der Waals surface area contributed by atoms with Crippen LogP contribution in [0.1, 0.15) is 48.0 Å². The van der Waals surface area contributed by atoms with Crippen molar-refractivity contribution < 1.29 is 13.7 Å². The van der Waals surface area contributed by atoms with Gasteiger partial charge in [-0.15, -0.1) is 0 Å². The molecule has 0 aliphatic rings. The van der Waals surface area contributed by atoms with E-state index < -0.39 is 16.4 Å². The van der Waals surface area contributed by atoms with Crippen LogP contribution < -0.4 is 10.6 Å². The second kappa shape index (κ2) is 10.2. The Morgan fingerprint density at radius 2 is 1.77 bits per heavy atom. The molecule has 6 heteroatoms. The van der Waals surface area contributed by atoms with E-state index in [1.807, 2.05) is 20.8 Å². The monoisotopic (exact) mass is 334 g/mol. The Labute approximate surface area is 138 Å². The van der Waals surface area contributed by atoms with Gasteiger partial charge in [0.15, 0.2) is 0 Å². The molecule has 2 N–H and O–H groups in total. The van der Waals surface area contributed by atoms with Gasteiger partial charge in [0.1, 0.15) is 5.60 Å². The van der Waals surface area contributed by atoms with Gasteiger partial charge in [-0.25, -0.2) is 4.79 Å².